The molecule has 2 nitrogen and oxygen atoms in total. The third kappa shape index (κ3) is 1.28. The molecule has 0 aliphatic rings. The lowest BCUT2D eigenvalue weighted by molar-refractivity contribution is -0.254. The van der Waals surface area contributed by atoms with Crippen molar-refractivity contribution in [3.8, 4) is 0 Å². The van der Waals surface area contributed by atoms with Gasteiger partial charge in [0.1, 0.15) is 0 Å². The van der Waals surface area contributed by atoms with Crippen molar-refractivity contribution >= 4 is 38.3 Å². The monoisotopic (exact) mass is 245 g/mol. The molecule has 2 heteroatoms. The summed E-state index contributed by atoms with van der Waals surface area (Å²) in [6.07, 6.45) is 0. The molecule has 0 unspecified atom stereocenters. The summed E-state index contributed by atoms with van der Waals surface area (Å²) >= 11 is 0. The van der Waals surface area contributed by atoms with E-state index in [1.54, 1.807) is 6.07 Å². The smallest absolute Gasteiger partial charge is 0.0721 e. The van der Waals surface area contributed by atoms with Gasteiger partial charge in [-0.05, 0) is 32.3 Å². The van der Waals surface area contributed by atoms with Gasteiger partial charge in [0.2, 0.25) is 0 Å². The predicted octanol–water partition coefficient (Wildman–Crippen LogP) is 2.95. The standard InChI is InChI=1S/C17H10O2/c18-17(19)14-9-7-12-5-4-10-2-1-3-11-6-8-13(14)16(12)15(10)11/h1-9H,(H,18,19)/p-1. The second-order valence-corrected chi connectivity index (χ2v) is 4.76. The van der Waals surface area contributed by atoms with E-state index in [1.807, 2.05) is 42.5 Å². The Labute approximate surface area is 109 Å². The molecular formula is C17H9O2-. The fraction of sp³-hybridized carbons (Fsp3) is 0. The van der Waals surface area contributed by atoms with Gasteiger partial charge in [0.05, 0.1) is 5.97 Å². The molecule has 0 N–H and O–H groups in total. The topological polar surface area (TPSA) is 40.1 Å². The van der Waals surface area contributed by atoms with Gasteiger partial charge in [-0.1, -0.05) is 54.6 Å². The van der Waals surface area contributed by atoms with E-state index in [0.717, 1.165) is 32.3 Å². The highest BCUT2D eigenvalue weighted by atomic mass is 16.4. The number of hydrogen-bond donors (Lipinski definition) is 0. The zero-order valence-electron chi connectivity index (χ0n) is 10.0. The van der Waals surface area contributed by atoms with Crippen LogP contribution in [0.2, 0.25) is 0 Å². The van der Waals surface area contributed by atoms with Gasteiger partial charge in [0.25, 0.3) is 0 Å². The van der Waals surface area contributed by atoms with Crippen molar-refractivity contribution in [3.63, 3.8) is 0 Å². The van der Waals surface area contributed by atoms with Crippen molar-refractivity contribution in [3.05, 3.63) is 60.2 Å². The highest BCUT2D eigenvalue weighted by Gasteiger charge is 2.10. The largest absolute Gasteiger partial charge is 0.545 e. The predicted molar refractivity (Wildman–Crippen MR) is 74.5 cm³/mol. The molecular weight excluding hydrogens is 236 g/mol. The number of rotatable bonds is 1. The summed E-state index contributed by atoms with van der Waals surface area (Å²) in [5.74, 6) is -1.13. The summed E-state index contributed by atoms with van der Waals surface area (Å²) in [6.45, 7) is 0. The van der Waals surface area contributed by atoms with Crippen LogP contribution in [-0.4, -0.2) is 5.97 Å². The Balaban J connectivity index is 2.38. The summed E-state index contributed by atoms with van der Waals surface area (Å²) in [7, 11) is 0. The maximum Gasteiger partial charge on any atom is 0.0721 e. The Morgan fingerprint density at radius 1 is 0.737 bits per heavy atom. The molecule has 0 saturated heterocycles. The Morgan fingerprint density at radius 2 is 1.32 bits per heavy atom. The van der Waals surface area contributed by atoms with Crippen molar-refractivity contribution in [2.24, 2.45) is 0 Å². The van der Waals surface area contributed by atoms with Crippen LogP contribution >= 0.6 is 0 Å². The molecule has 0 bridgehead atoms. The normalized spacial score (nSPS) is 11.6. The third-order valence-corrected chi connectivity index (χ3v) is 3.75. The first-order chi connectivity index (χ1) is 9.25. The molecule has 0 aromatic heterocycles. The zero-order chi connectivity index (χ0) is 13.0. The SMILES string of the molecule is O=C([O-])c1ccc2ccc3cccc4ccc1c2c34. The van der Waals surface area contributed by atoms with E-state index in [1.165, 1.54) is 0 Å². The fourth-order valence-electron chi connectivity index (χ4n) is 2.91. The van der Waals surface area contributed by atoms with Crippen molar-refractivity contribution in [1.82, 2.24) is 0 Å². The highest BCUT2D eigenvalue weighted by Crippen LogP contribution is 2.35. The lowest BCUT2D eigenvalue weighted by Gasteiger charge is -2.14. The summed E-state index contributed by atoms with van der Waals surface area (Å²) in [6, 6.07) is 17.5. The Kier molecular flexibility index (Phi) is 1.88. The molecule has 0 fully saturated rings. The van der Waals surface area contributed by atoms with Crippen LogP contribution in [0, 0.1) is 0 Å². The third-order valence-electron chi connectivity index (χ3n) is 3.75. The molecule has 0 spiro atoms. The van der Waals surface area contributed by atoms with Gasteiger partial charge in [-0.15, -0.1) is 0 Å². The van der Waals surface area contributed by atoms with Crippen LogP contribution in [0.15, 0.2) is 54.6 Å². The van der Waals surface area contributed by atoms with Gasteiger partial charge < -0.3 is 9.90 Å². The number of carbonyl (C=O) groups excluding carboxylic acids is 1. The van der Waals surface area contributed by atoms with E-state index < -0.39 is 5.97 Å². The molecule has 90 valence electrons. The first-order valence-electron chi connectivity index (χ1n) is 6.13. The average molecular weight is 245 g/mol. The molecule has 4 aromatic carbocycles. The molecule has 0 radical (unpaired) electrons. The molecule has 0 aliphatic heterocycles. The zero-order valence-corrected chi connectivity index (χ0v) is 10.0. The Bertz CT molecular complexity index is 922. The molecule has 19 heavy (non-hydrogen) atoms. The molecule has 0 saturated carbocycles. The Morgan fingerprint density at radius 3 is 2.00 bits per heavy atom. The van der Waals surface area contributed by atoms with Crippen molar-refractivity contribution in [1.29, 1.82) is 0 Å². The molecule has 0 aliphatic carbocycles. The minimum Gasteiger partial charge on any atom is -0.545 e. The lowest BCUT2D eigenvalue weighted by Crippen LogP contribution is -2.22. The van der Waals surface area contributed by atoms with Crippen LogP contribution < -0.4 is 5.11 Å². The van der Waals surface area contributed by atoms with Crippen LogP contribution in [0.1, 0.15) is 10.4 Å². The number of aromatic carboxylic acids is 1. The van der Waals surface area contributed by atoms with Gasteiger partial charge in [0, 0.05) is 5.56 Å². The van der Waals surface area contributed by atoms with Crippen molar-refractivity contribution in [2.75, 3.05) is 0 Å². The van der Waals surface area contributed by atoms with Crippen LogP contribution in [0.3, 0.4) is 0 Å². The lowest BCUT2D eigenvalue weighted by atomic mass is 9.92. The summed E-state index contributed by atoms with van der Waals surface area (Å²) < 4.78 is 0. The maximum atomic E-state index is 11.2. The molecule has 0 amide bonds. The number of carbonyl (C=O) groups is 1. The van der Waals surface area contributed by atoms with Crippen molar-refractivity contribution in [2.45, 2.75) is 0 Å². The Hall–Kier alpha value is -2.61. The van der Waals surface area contributed by atoms with E-state index in [2.05, 4.69) is 6.07 Å². The first-order valence-corrected chi connectivity index (χ1v) is 6.13. The molecule has 0 atom stereocenters. The van der Waals surface area contributed by atoms with E-state index in [-0.39, 0.29) is 5.56 Å². The van der Waals surface area contributed by atoms with Gasteiger partial charge in [-0.25, -0.2) is 0 Å². The maximum absolute atomic E-state index is 11.2. The van der Waals surface area contributed by atoms with E-state index >= 15 is 0 Å². The van der Waals surface area contributed by atoms with E-state index in [4.69, 9.17) is 0 Å². The van der Waals surface area contributed by atoms with E-state index in [0.29, 0.717) is 0 Å². The highest BCUT2D eigenvalue weighted by molar-refractivity contribution is 6.25. The molecule has 0 heterocycles. The van der Waals surface area contributed by atoms with Crippen LogP contribution in [0.5, 0.6) is 0 Å². The summed E-state index contributed by atoms with van der Waals surface area (Å²) in [5.41, 5.74) is 0.255. The molecule has 4 rings (SSSR count). The minimum atomic E-state index is -1.13. The quantitative estimate of drug-likeness (QED) is 0.484. The summed E-state index contributed by atoms with van der Waals surface area (Å²) in [5, 5.41) is 17.4. The van der Waals surface area contributed by atoms with Crippen molar-refractivity contribution < 1.29 is 9.90 Å². The first kappa shape index (κ1) is 10.3. The van der Waals surface area contributed by atoms with Crippen LogP contribution in [-0.2, 0) is 0 Å². The number of carboxylic acid groups (broad SMARTS) is 1. The van der Waals surface area contributed by atoms with Crippen LogP contribution in [0.25, 0.3) is 32.3 Å². The van der Waals surface area contributed by atoms with Gasteiger partial charge in [-0.2, -0.15) is 0 Å². The minimum absolute atomic E-state index is 0.255. The second kappa shape index (κ2) is 3.45. The van der Waals surface area contributed by atoms with Gasteiger partial charge in [0.15, 0.2) is 0 Å². The number of benzene rings is 4. The average Bonchev–Trinajstić information content (AvgIpc) is 2.44. The number of hydrogen-bond acceptors (Lipinski definition) is 2. The summed E-state index contributed by atoms with van der Waals surface area (Å²) in [4.78, 5) is 11.2. The fourth-order valence-corrected chi connectivity index (χ4v) is 2.91. The van der Waals surface area contributed by atoms with Crippen LogP contribution in [0.4, 0.5) is 0 Å². The van der Waals surface area contributed by atoms with Gasteiger partial charge in [-0.3, -0.25) is 0 Å². The molecule has 4 aromatic rings. The second-order valence-electron chi connectivity index (χ2n) is 4.76. The van der Waals surface area contributed by atoms with Gasteiger partial charge >= 0.3 is 0 Å². The van der Waals surface area contributed by atoms with E-state index in [9.17, 15) is 9.90 Å². The number of carboxylic acids is 1.